The number of fused-ring (bicyclic) bond motifs is 4. The first-order valence-electron chi connectivity index (χ1n) is 11.0. The van der Waals surface area contributed by atoms with Crippen LogP contribution in [-0.2, 0) is 6.54 Å². The fraction of sp³-hybridized carbons (Fsp3) is 0.429. The van der Waals surface area contributed by atoms with Crippen molar-refractivity contribution in [2.75, 3.05) is 23.3 Å². The summed E-state index contributed by atoms with van der Waals surface area (Å²) >= 11 is 3.52. The quantitative estimate of drug-likeness (QED) is 0.346. The highest BCUT2D eigenvalue weighted by Gasteiger charge is 2.33. The second-order valence-corrected chi connectivity index (χ2v) is 9.57. The molecule has 0 spiro atoms. The van der Waals surface area contributed by atoms with E-state index in [1.54, 1.807) is 22.8 Å². The van der Waals surface area contributed by atoms with E-state index in [2.05, 4.69) is 46.5 Å². The molecule has 2 saturated heterocycles. The van der Waals surface area contributed by atoms with Crippen molar-refractivity contribution in [3.63, 3.8) is 0 Å². The van der Waals surface area contributed by atoms with Crippen LogP contribution in [0.4, 0.5) is 20.7 Å². The molecular formula is C21H22BrF2N9O. The molecule has 0 aliphatic carbocycles. The topological polar surface area (TPSA) is 108 Å². The largest absolute Gasteiger partial charge is 0.430 e. The third kappa shape index (κ3) is 4.02. The fourth-order valence-corrected chi connectivity index (χ4v) is 4.98. The van der Waals surface area contributed by atoms with Gasteiger partial charge in [0.25, 0.3) is 0 Å². The molecular weight excluding hydrogens is 512 g/mol. The van der Waals surface area contributed by atoms with Gasteiger partial charge in [-0.1, -0.05) is 6.07 Å². The van der Waals surface area contributed by atoms with Crippen LogP contribution in [-0.4, -0.2) is 60.8 Å². The average Bonchev–Trinajstić information content (AvgIpc) is 3.48. The number of rotatable bonds is 6. The number of hydrogen-bond acceptors (Lipinski definition) is 8. The summed E-state index contributed by atoms with van der Waals surface area (Å²) in [6, 6.07) is 5.77. The molecule has 2 aliphatic rings. The SMILES string of the molecule is CC(F)(F)Oc1cccc2[nH]c(CNc3nc(N4CC5CCC(C4)N5)nc4c(Br)cnn34)nc12. The number of alkyl halides is 2. The van der Waals surface area contributed by atoms with E-state index in [4.69, 9.17) is 14.7 Å². The molecule has 10 nitrogen and oxygen atoms in total. The maximum absolute atomic E-state index is 13.4. The van der Waals surface area contributed by atoms with Gasteiger partial charge in [-0.05, 0) is 40.9 Å². The number of ether oxygens (including phenoxy) is 1. The van der Waals surface area contributed by atoms with Gasteiger partial charge < -0.3 is 25.3 Å². The molecule has 2 fully saturated rings. The van der Waals surface area contributed by atoms with Gasteiger partial charge in [0.05, 0.1) is 22.7 Å². The van der Waals surface area contributed by atoms with Crippen LogP contribution in [0.2, 0.25) is 0 Å². The first-order chi connectivity index (χ1) is 16.3. The van der Waals surface area contributed by atoms with Crippen LogP contribution in [0.1, 0.15) is 25.6 Å². The Morgan fingerprint density at radius 2 is 2.00 bits per heavy atom. The molecule has 3 aromatic heterocycles. The maximum atomic E-state index is 13.4. The zero-order valence-corrected chi connectivity index (χ0v) is 19.8. The van der Waals surface area contributed by atoms with Crippen molar-refractivity contribution in [1.29, 1.82) is 0 Å². The Morgan fingerprint density at radius 1 is 1.21 bits per heavy atom. The number of halogens is 3. The Labute approximate surface area is 201 Å². The number of nitrogens with zero attached hydrogens (tertiary/aromatic N) is 6. The number of nitrogens with one attached hydrogen (secondary N) is 3. The molecule has 6 rings (SSSR count). The molecule has 2 unspecified atom stereocenters. The van der Waals surface area contributed by atoms with Gasteiger partial charge in [0.15, 0.2) is 11.4 Å². The van der Waals surface area contributed by atoms with Crippen LogP contribution in [0.3, 0.4) is 0 Å². The van der Waals surface area contributed by atoms with Gasteiger partial charge in [-0.3, -0.25) is 0 Å². The molecule has 3 N–H and O–H groups in total. The number of aromatic nitrogens is 6. The molecule has 4 aromatic rings. The Bertz CT molecular complexity index is 1360. The normalized spacial score (nSPS) is 20.4. The van der Waals surface area contributed by atoms with Gasteiger partial charge in [-0.15, -0.1) is 0 Å². The predicted octanol–water partition coefficient (Wildman–Crippen LogP) is 3.31. The summed E-state index contributed by atoms with van der Waals surface area (Å²) in [5, 5.41) is 11.3. The van der Waals surface area contributed by atoms with Crippen molar-refractivity contribution < 1.29 is 13.5 Å². The zero-order valence-electron chi connectivity index (χ0n) is 18.2. The number of imidazole rings is 1. The molecule has 34 heavy (non-hydrogen) atoms. The van der Waals surface area contributed by atoms with E-state index < -0.39 is 6.11 Å². The number of aromatic amines is 1. The van der Waals surface area contributed by atoms with E-state index >= 15 is 0 Å². The van der Waals surface area contributed by atoms with E-state index in [0.29, 0.717) is 53.4 Å². The Morgan fingerprint density at radius 3 is 2.76 bits per heavy atom. The minimum absolute atomic E-state index is 0.0172. The van der Waals surface area contributed by atoms with E-state index in [9.17, 15) is 8.78 Å². The first kappa shape index (κ1) is 21.5. The number of benzene rings is 1. The average molecular weight is 534 g/mol. The summed E-state index contributed by atoms with van der Waals surface area (Å²) in [6.45, 7) is 2.68. The highest BCUT2D eigenvalue weighted by Crippen LogP contribution is 2.29. The van der Waals surface area contributed by atoms with Gasteiger partial charge in [-0.25, -0.2) is 4.98 Å². The highest BCUT2D eigenvalue weighted by molar-refractivity contribution is 9.10. The van der Waals surface area contributed by atoms with Crippen LogP contribution in [0.25, 0.3) is 16.7 Å². The van der Waals surface area contributed by atoms with Crippen molar-refractivity contribution >= 4 is 44.5 Å². The molecule has 2 bridgehead atoms. The van der Waals surface area contributed by atoms with Crippen LogP contribution in [0, 0.1) is 0 Å². The lowest BCUT2D eigenvalue weighted by Gasteiger charge is -2.33. The van der Waals surface area contributed by atoms with E-state index in [0.717, 1.165) is 30.4 Å². The van der Waals surface area contributed by atoms with E-state index in [1.165, 1.54) is 6.07 Å². The van der Waals surface area contributed by atoms with Crippen LogP contribution < -0.4 is 20.3 Å². The second-order valence-electron chi connectivity index (χ2n) is 8.72. The van der Waals surface area contributed by atoms with Crippen molar-refractivity contribution in [3.05, 3.63) is 34.7 Å². The summed E-state index contributed by atoms with van der Waals surface area (Å²) in [4.78, 5) is 19.3. The van der Waals surface area contributed by atoms with Crippen LogP contribution >= 0.6 is 15.9 Å². The lowest BCUT2D eigenvalue weighted by atomic mass is 10.2. The molecule has 13 heteroatoms. The first-order valence-corrected chi connectivity index (χ1v) is 11.8. The molecule has 0 amide bonds. The van der Waals surface area contributed by atoms with Crippen LogP contribution in [0.5, 0.6) is 5.75 Å². The van der Waals surface area contributed by atoms with Crippen molar-refractivity contribution in [2.24, 2.45) is 0 Å². The number of anilines is 2. The number of H-pyrrole nitrogens is 1. The third-order valence-corrected chi connectivity index (χ3v) is 6.60. The van der Waals surface area contributed by atoms with Gasteiger partial charge in [0.1, 0.15) is 11.3 Å². The van der Waals surface area contributed by atoms with Crippen LogP contribution in [0.15, 0.2) is 28.9 Å². The fourth-order valence-electron chi connectivity index (χ4n) is 4.63. The van der Waals surface area contributed by atoms with Gasteiger partial charge in [0, 0.05) is 32.1 Å². The minimum Gasteiger partial charge on any atom is -0.430 e. The second kappa shape index (κ2) is 8.01. The summed E-state index contributed by atoms with van der Waals surface area (Å²) in [5.41, 5.74) is 1.60. The Hall–Kier alpha value is -3.06. The number of piperazine rings is 1. The third-order valence-electron chi connectivity index (χ3n) is 6.04. The number of hydrogen-bond donors (Lipinski definition) is 3. The van der Waals surface area contributed by atoms with Crippen molar-refractivity contribution in [1.82, 2.24) is 34.9 Å². The molecule has 2 aliphatic heterocycles. The predicted molar refractivity (Wildman–Crippen MR) is 125 cm³/mol. The van der Waals surface area contributed by atoms with Gasteiger partial charge in [0.2, 0.25) is 11.9 Å². The van der Waals surface area contributed by atoms with Gasteiger partial charge >= 0.3 is 6.11 Å². The molecule has 1 aromatic carbocycles. The lowest BCUT2D eigenvalue weighted by molar-refractivity contribution is -0.158. The molecule has 2 atom stereocenters. The zero-order chi connectivity index (χ0) is 23.4. The Balaban J connectivity index is 1.29. The minimum atomic E-state index is -3.30. The lowest BCUT2D eigenvalue weighted by Crippen LogP contribution is -2.51. The summed E-state index contributed by atoms with van der Waals surface area (Å²) in [7, 11) is 0. The monoisotopic (exact) mass is 533 g/mol. The van der Waals surface area contributed by atoms with Gasteiger partial charge in [-0.2, -0.15) is 28.4 Å². The standard InChI is InChI=1S/C21H22BrF2N9O/c1-21(23,24)34-15-4-2-3-14-17(15)29-16(28-14)8-25-19-31-20(30-18-13(22)7-26-33(18)19)32-9-11-5-6-12(10-32)27-11/h2-4,7,11-12,27H,5-6,8-10H2,1H3,(H,28,29)(H,25,30,31). The smallest absolute Gasteiger partial charge is 0.394 e. The van der Waals surface area contributed by atoms with Crippen molar-refractivity contribution in [3.8, 4) is 5.75 Å². The molecule has 0 radical (unpaired) electrons. The highest BCUT2D eigenvalue weighted by atomic mass is 79.9. The summed E-state index contributed by atoms with van der Waals surface area (Å²) < 4.78 is 34.0. The van der Waals surface area contributed by atoms with E-state index in [-0.39, 0.29) is 12.3 Å². The molecule has 5 heterocycles. The summed E-state index contributed by atoms with van der Waals surface area (Å²) in [6.07, 6.45) is 0.695. The molecule has 0 saturated carbocycles. The maximum Gasteiger partial charge on any atom is 0.394 e. The Kier molecular flexibility index (Phi) is 5.06. The van der Waals surface area contributed by atoms with Crippen molar-refractivity contribution in [2.45, 2.75) is 44.5 Å². The van der Waals surface area contributed by atoms with E-state index in [1.807, 2.05) is 0 Å². The summed E-state index contributed by atoms with van der Waals surface area (Å²) in [5.74, 6) is 1.71. The molecule has 178 valence electrons. The number of para-hydroxylation sites is 1.